The lowest BCUT2D eigenvalue weighted by Gasteiger charge is -2.26. The molecule has 0 amide bonds. The van der Waals surface area contributed by atoms with E-state index in [9.17, 15) is 0 Å². The molecule has 2 rings (SSSR count). The van der Waals surface area contributed by atoms with E-state index >= 15 is 0 Å². The predicted molar refractivity (Wildman–Crippen MR) is 84.9 cm³/mol. The summed E-state index contributed by atoms with van der Waals surface area (Å²) in [5.74, 6) is 1.33. The minimum atomic E-state index is 0.0553. The SMILES string of the molecule is COc1c(C(C)Cc2cn[nH]n2)cc(C)cc1C(C)(C)C. The number of hydrogen-bond donors (Lipinski definition) is 1. The third kappa shape index (κ3) is 3.43. The van der Waals surface area contributed by atoms with Crippen molar-refractivity contribution in [2.75, 3.05) is 7.11 Å². The summed E-state index contributed by atoms with van der Waals surface area (Å²) in [5.41, 5.74) is 4.79. The number of methoxy groups -OCH3 is 1. The van der Waals surface area contributed by atoms with Gasteiger partial charge in [0.2, 0.25) is 0 Å². The van der Waals surface area contributed by atoms with E-state index < -0.39 is 0 Å². The summed E-state index contributed by atoms with van der Waals surface area (Å²) in [6.07, 6.45) is 2.63. The molecule has 1 heterocycles. The Kier molecular flexibility index (Phi) is 4.35. The molecule has 1 unspecified atom stereocenters. The second-order valence-electron chi connectivity index (χ2n) is 6.75. The number of ether oxygens (including phenoxy) is 1. The van der Waals surface area contributed by atoms with Crippen LogP contribution >= 0.6 is 0 Å². The fourth-order valence-electron chi connectivity index (χ4n) is 2.70. The second-order valence-corrected chi connectivity index (χ2v) is 6.75. The van der Waals surface area contributed by atoms with Gasteiger partial charge in [-0.25, -0.2) is 0 Å². The molecule has 21 heavy (non-hydrogen) atoms. The summed E-state index contributed by atoms with van der Waals surface area (Å²) >= 11 is 0. The van der Waals surface area contributed by atoms with Crippen molar-refractivity contribution in [3.63, 3.8) is 0 Å². The highest BCUT2D eigenvalue weighted by molar-refractivity contribution is 5.49. The van der Waals surface area contributed by atoms with Crippen LogP contribution in [0, 0.1) is 6.92 Å². The molecule has 0 saturated heterocycles. The van der Waals surface area contributed by atoms with Crippen LogP contribution in [-0.4, -0.2) is 22.5 Å². The van der Waals surface area contributed by atoms with Gasteiger partial charge in [0, 0.05) is 5.56 Å². The summed E-state index contributed by atoms with van der Waals surface area (Å²) in [6, 6.07) is 4.45. The second kappa shape index (κ2) is 5.88. The first-order valence-corrected chi connectivity index (χ1v) is 7.36. The summed E-state index contributed by atoms with van der Waals surface area (Å²) in [6.45, 7) is 11.0. The topological polar surface area (TPSA) is 50.8 Å². The first kappa shape index (κ1) is 15.5. The van der Waals surface area contributed by atoms with Gasteiger partial charge >= 0.3 is 0 Å². The quantitative estimate of drug-likeness (QED) is 0.931. The minimum Gasteiger partial charge on any atom is -0.496 e. The van der Waals surface area contributed by atoms with Crippen LogP contribution in [0.15, 0.2) is 18.3 Å². The molecular formula is C17H25N3O. The molecule has 0 radical (unpaired) electrons. The van der Waals surface area contributed by atoms with Crippen LogP contribution in [0.4, 0.5) is 0 Å². The Balaban J connectivity index is 2.44. The van der Waals surface area contributed by atoms with E-state index in [1.807, 2.05) is 0 Å². The smallest absolute Gasteiger partial charge is 0.126 e. The molecule has 1 atom stereocenters. The summed E-state index contributed by atoms with van der Waals surface area (Å²) in [5, 5.41) is 10.7. The summed E-state index contributed by atoms with van der Waals surface area (Å²) in [7, 11) is 1.76. The van der Waals surface area contributed by atoms with Crippen LogP contribution in [0.1, 0.15) is 56.0 Å². The Hall–Kier alpha value is -1.84. The zero-order valence-electron chi connectivity index (χ0n) is 13.8. The van der Waals surface area contributed by atoms with Crippen molar-refractivity contribution in [2.24, 2.45) is 0 Å². The molecule has 0 spiro atoms. The number of hydrogen-bond acceptors (Lipinski definition) is 3. The highest BCUT2D eigenvalue weighted by Crippen LogP contribution is 2.39. The maximum Gasteiger partial charge on any atom is 0.126 e. The number of aryl methyl sites for hydroxylation is 1. The number of rotatable bonds is 4. The van der Waals surface area contributed by atoms with Crippen molar-refractivity contribution in [3.8, 4) is 5.75 Å². The molecule has 0 aliphatic carbocycles. The molecule has 2 aromatic rings. The molecule has 0 bridgehead atoms. The molecular weight excluding hydrogens is 262 g/mol. The van der Waals surface area contributed by atoms with E-state index in [1.54, 1.807) is 13.3 Å². The number of aromatic amines is 1. The van der Waals surface area contributed by atoms with Gasteiger partial charge in [-0.05, 0) is 30.2 Å². The first-order valence-electron chi connectivity index (χ1n) is 7.36. The van der Waals surface area contributed by atoms with Crippen LogP contribution < -0.4 is 4.74 Å². The largest absolute Gasteiger partial charge is 0.496 e. The average Bonchev–Trinajstić information content (AvgIpc) is 2.89. The molecule has 4 heteroatoms. The number of nitrogens with zero attached hydrogens (tertiary/aromatic N) is 2. The Morgan fingerprint density at radius 2 is 2.00 bits per heavy atom. The van der Waals surface area contributed by atoms with Crippen molar-refractivity contribution in [1.29, 1.82) is 0 Å². The van der Waals surface area contributed by atoms with Gasteiger partial charge in [-0.1, -0.05) is 45.4 Å². The molecule has 0 aliphatic heterocycles. The summed E-state index contributed by atoms with van der Waals surface area (Å²) in [4.78, 5) is 0. The van der Waals surface area contributed by atoms with Gasteiger partial charge in [-0.15, -0.1) is 0 Å². The number of H-pyrrole nitrogens is 1. The minimum absolute atomic E-state index is 0.0553. The van der Waals surface area contributed by atoms with Crippen molar-refractivity contribution in [3.05, 3.63) is 40.7 Å². The highest BCUT2D eigenvalue weighted by atomic mass is 16.5. The molecule has 1 aromatic heterocycles. The molecule has 4 nitrogen and oxygen atoms in total. The lowest BCUT2D eigenvalue weighted by Crippen LogP contribution is -2.15. The van der Waals surface area contributed by atoms with E-state index in [0.717, 1.165) is 17.9 Å². The van der Waals surface area contributed by atoms with Crippen LogP contribution in [0.2, 0.25) is 0 Å². The first-order chi connectivity index (χ1) is 9.82. The monoisotopic (exact) mass is 287 g/mol. The third-order valence-corrected chi connectivity index (χ3v) is 3.79. The molecule has 0 aliphatic rings. The zero-order valence-corrected chi connectivity index (χ0v) is 13.8. The van der Waals surface area contributed by atoms with Gasteiger partial charge in [-0.2, -0.15) is 15.4 Å². The van der Waals surface area contributed by atoms with Crippen molar-refractivity contribution in [2.45, 2.75) is 52.4 Å². The number of nitrogens with one attached hydrogen (secondary N) is 1. The molecule has 0 saturated carbocycles. The maximum absolute atomic E-state index is 5.75. The van der Waals surface area contributed by atoms with E-state index in [-0.39, 0.29) is 5.41 Å². The normalized spacial score (nSPS) is 13.2. The standard InChI is InChI=1S/C17H25N3O/c1-11-7-14(12(2)9-13-10-18-20-19-13)16(21-6)15(8-11)17(3,4)5/h7-8,10,12H,9H2,1-6H3,(H,18,19,20). The van der Waals surface area contributed by atoms with Gasteiger partial charge in [-0.3, -0.25) is 0 Å². The van der Waals surface area contributed by atoms with Gasteiger partial charge in [0.25, 0.3) is 0 Å². The van der Waals surface area contributed by atoms with Gasteiger partial charge in [0.1, 0.15) is 5.75 Å². The van der Waals surface area contributed by atoms with E-state index in [4.69, 9.17) is 4.74 Å². The predicted octanol–water partition coefficient (Wildman–Crippen LogP) is 3.77. The van der Waals surface area contributed by atoms with Crippen molar-refractivity contribution in [1.82, 2.24) is 15.4 Å². The van der Waals surface area contributed by atoms with E-state index in [0.29, 0.717) is 5.92 Å². The van der Waals surface area contributed by atoms with Crippen LogP contribution in [0.3, 0.4) is 0 Å². The Bertz CT molecular complexity index is 597. The summed E-state index contributed by atoms with van der Waals surface area (Å²) < 4.78 is 5.75. The van der Waals surface area contributed by atoms with Gasteiger partial charge < -0.3 is 4.74 Å². The lowest BCUT2D eigenvalue weighted by atomic mass is 9.81. The Morgan fingerprint density at radius 1 is 1.29 bits per heavy atom. The lowest BCUT2D eigenvalue weighted by molar-refractivity contribution is 0.389. The van der Waals surface area contributed by atoms with Gasteiger partial charge in [0.15, 0.2) is 0 Å². The number of aromatic nitrogens is 3. The fourth-order valence-corrected chi connectivity index (χ4v) is 2.70. The zero-order chi connectivity index (χ0) is 15.6. The molecule has 1 aromatic carbocycles. The Labute approximate surface area is 126 Å². The van der Waals surface area contributed by atoms with Crippen molar-refractivity contribution < 1.29 is 4.74 Å². The molecule has 1 N–H and O–H groups in total. The van der Waals surface area contributed by atoms with E-state index in [1.165, 1.54) is 16.7 Å². The molecule has 0 fully saturated rings. The van der Waals surface area contributed by atoms with Crippen LogP contribution in [-0.2, 0) is 11.8 Å². The fraction of sp³-hybridized carbons (Fsp3) is 0.529. The van der Waals surface area contributed by atoms with Crippen LogP contribution in [0.25, 0.3) is 0 Å². The highest BCUT2D eigenvalue weighted by Gasteiger charge is 2.24. The third-order valence-electron chi connectivity index (χ3n) is 3.79. The molecule has 114 valence electrons. The van der Waals surface area contributed by atoms with E-state index in [2.05, 4.69) is 62.2 Å². The van der Waals surface area contributed by atoms with Gasteiger partial charge in [0.05, 0.1) is 19.0 Å². The average molecular weight is 287 g/mol. The van der Waals surface area contributed by atoms with Crippen molar-refractivity contribution >= 4 is 0 Å². The van der Waals surface area contributed by atoms with Crippen LogP contribution in [0.5, 0.6) is 5.75 Å². The number of benzene rings is 1. The Morgan fingerprint density at radius 3 is 2.52 bits per heavy atom. The maximum atomic E-state index is 5.75.